The lowest BCUT2D eigenvalue weighted by molar-refractivity contribution is -0.139. The Hall–Kier alpha value is -3.02. The van der Waals surface area contributed by atoms with E-state index in [9.17, 15) is 9.59 Å². The van der Waals surface area contributed by atoms with Gasteiger partial charge in [-0.3, -0.25) is 4.79 Å². The van der Waals surface area contributed by atoms with Gasteiger partial charge in [-0.25, -0.2) is 4.79 Å². The second kappa shape index (κ2) is 8.73. The molecule has 0 bridgehead atoms. The van der Waals surface area contributed by atoms with Gasteiger partial charge in [0.15, 0.2) is 18.1 Å². The Morgan fingerprint density at radius 1 is 1.08 bits per heavy atom. The summed E-state index contributed by atoms with van der Waals surface area (Å²) in [5, 5.41) is 11.6. The molecule has 2 aromatic rings. The van der Waals surface area contributed by atoms with Crippen molar-refractivity contribution in [1.82, 2.24) is 5.32 Å². The number of rotatable bonds is 8. The molecule has 132 valence electrons. The molecule has 0 saturated heterocycles. The minimum Gasteiger partial charge on any atom is -0.490 e. The van der Waals surface area contributed by atoms with E-state index < -0.39 is 12.6 Å². The van der Waals surface area contributed by atoms with Crippen molar-refractivity contribution in [3.8, 4) is 11.5 Å². The molecule has 0 aliphatic carbocycles. The van der Waals surface area contributed by atoms with Gasteiger partial charge in [0.1, 0.15) is 0 Å². The molecule has 0 unspecified atom stereocenters. The lowest BCUT2D eigenvalue weighted by atomic mass is 10.1. The second-order valence-electron chi connectivity index (χ2n) is 5.45. The summed E-state index contributed by atoms with van der Waals surface area (Å²) in [6, 6.07) is 12.6. The fourth-order valence-corrected chi connectivity index (χ4v) is 2.28. The fourth-order valence-electron chi connectivity index (χ4n) is 2.28. The van der Waals surface area contributed by atoms with Gasteiger partial charge in [0.25, 0.3) is 5.91 Å². The van der Waals surface area contributed by atoms with E-state index in [-0.39, 0.29) is 5.91 Å². The van der Waals surface area contributed by atoms with Crippen molar-refractivity contribution in [3.05, 3.63) is 59.2 Å². The number of carboxylic acid groups (broad SMARTS) is 1. The lowest BCUT2D eigenvalue weighted by Gasteiger charge is -2.12. The highest BCUT2D eigenvalue weighted by Gasteiger charge is 2.12. The Bertz CT molecular complexity index is 757. The number of ether oxygens (including phenoxy) is 2. The van der Waals surface area contributed by atoms with Crippen LogP contribution in [-0.2, 0) is 11.3 Å². The van der Waals surface area contributed by atoms with Gasteiger partial charge < -0.3 is 19.9 Å². The van der Waals surface area contributed by atoms with Crippen molar-refractivity contribution >= 4 is 11.9 Å². The predicted molar refractivity (Wildman–Crippen MR) is 93.1 cm³/mol. The molecular weight excluding hydrogens is 322 g/mol. The molecule has 0 heterocycles. The van der Waals surface area contributed by atoms with Crippen LogP contribution in [0, 0.1) is 6.92 Å². The molecule has 2 rings (SSSR count). The molecule has 0 aliphatic heterocycles. The number of carbonyl (C=O) groups excluding carboxylic acids is 1. The van der Waals surface area contributed by atoms with Gasteiger partial charge in [-0.15, -0.1) is 0 Å². The normalized spacial score (nSPS) is 10.2. The molecule has 1 amide bonds. The minimum atomic E-state index is -1.08. The maximum Gasteiger partial charge on any atom is 0.341 e. The molecule has 0 aromatic heterocycles. The second-order valence-corrected chi connectivity index (χ2v) is 5.45. The van der Waals surface area contributed by atoms with Crippen LogP contribution >= 0.6 is 0 Å². The molecule has 0 spiro atoms. The lowest BCUT2D eigenvalue weighted by Crippen LogP contribution is -2.23. The van der Waals surface area contributed by atoms with Crippen LogP contribution in [0.15, 0.2) is 42.5 Å². The van der Waals surface area contributed by atoms with Gasteiger partial charge in [-0.05, 0) is 37.6 Å². The van der Waals surface area contributed by atoms with Crippen LogP contribution < -0.4 is 14.8 Å². The zero-order chi connectivity index (χ0) is 18.2. The topological polar surface area (TPSA) is 84.9 Å². The minimum absolute atomic E-state index is 0.243. The van der Waals surface area contributed by atoms with Crippen LogP contribution in [0.25, 0.3) is 0 Å². The van der Waals surface area contributed by atoms with E-state index in [4.69, 9.17) is 14.6 Å². The Labute approximate surface area is 146 Å². The number of carboxylic acids is 1. The first kappa shape index (κ1) is 18.3. The van der Waals surface area contributed by atoms with Crippen LogP contribution in [0.1, 0.15) is 28.4 Å². The average Bonchev–Trinajstić information content (AvgIpc) is 2.58. The summed E-state index contributed by atoms with van der Waals surface area (Å²) in [5.74, 6) is -0.693. The quantitative estimate of drug-likeness (QED) is 0.770. The molecule has 2 aromatic carbocycles. The third-order valence-corrected chi connectivity index (χ3v) is 3.39. The fraction of sp³-hybridized carbons (Fsp3) is 0.263. The van der Waals surface area contributed by atoms with E-state index >= 15 is 0 Å². The number of hydrogen-bond acceptors (Lipinski definition) is 4. The Morgan fingerprint density at radius 2 is 1.88 bits per heavy atom. The van der Waals surface area contributed by atoms with E-state index in [0.29, 0.717) is 30.2 Å². The number of hydrogen-bond donors (Lipinski definition) is 2. The standard InChI is InChI=1S/C19H21NO5/c1-3-24-17-10-15(7-8-16(17)25-12-18(21)22)19(23)20-11-14-6-4-5-13(2)9-14/h4-10H,3,11-12H2,1-2H3,(H,20,23)(H,21,22). The van der Waals surface area contributed by atoms with Crippen molar-refractivity contribution in [2.24, 2.45) is 0 Å². The number of carbonyl (C=O) groups is 2. The zero-order valence-corrected chi connectivity index (χ0v) is 14.2. The molecule has 0 radical (unpaired) electrons. The van der Waals surface area contributed by atoms with Crippen molar-refractivity contribution in [2.45, 2.75) is 20.4 Å². The van der Waals surface area contributed by atoms with Gasteiger partial charge >= 0.3 is 5.97 Å². The number of nitrogens with one attached hydrogen (secondary N) is 1. The largest absolute Gasteiger partial charge is 0.490 e. The van der Waals surface area contributed by atoms with Gasteiger partial charge in [-0.2, -0.15) is 0 Å². The first-order valence-corrected chi connectivity index (χ1v) is 7.94. The molecule has 0 saturated carbocycles. The van der Waals surface area contributed by atoms with Gasteiger partial charge in [0.2, 0.25) is 0 Å². The van der Waals surface area contributed by atoms with E-state index in [1.54, 1.807) is 19.1 Å². The summed E-state index contributed by atoms with van der Waals surface area (Å²) in [5.41, 5.74) is 2.56. The number of benzene rings is 2. The van der Waals surface area contributed by atoms with Crippen LogP contribution in [0.2, 0.25) is 0 Å². The molecule has 25 heavy (non-hydrogen) atoms. The van der Waals surface area contributed by atoms with E-state index in [1.807, 2.05) is 31.2 Å². The van der Waals surface area contributed by atoms with Crippen LogP contribution in [-0.4, -0.2) is 30.2 Å². The summed E-state index contributed by atoms with van der Waals surface area (Å²) in [4.78, 5) is 23.0. The highest BCUT2D eigenvalue weighted by atomic mass is 16.5. The first-order chi connectivity index (χ1) is 12.0. The monoisotopic (exact) mass is 343 g/mol. The third-order valence-electron chi connectivity index (χ3n) is 3.39. The third kappa shape index (κ3) is 5.53. The molecule has 6 heteroatoms. The Kier molecular flexibility index (Phi) is 6.39. The molecule has 2 N–H and O–H groups in total. The smallest absolute Gasteiger partial charge is 0.341 e. The van der Waals surface area contributed by atoms with Crippen LogP contribution in [0.3, 0.4) is 0 Å². The van der Waals surface area contributed by atoms with E-state index in [2.05, 4.69) is 5.32 Å². The van der Waals surface area contributed by atoms with E-state index in [0.717, 1.165) is 11.1 Å². The highest BCUT2D eigenvalue weighted by molar-refractivity contribution is 5.94. The maximum atomic E-state index is 12.3. The predicted octanol–water partition coefficient (Wildman–Crippen LogP) is 2.79. The molecule has 0 atom stereocenters. The molecular formula is C19H21NO5. The van der Waals surface area contributed by atoms with Crippen molar-refractivity contribution in [1.29, 1.82) is 0 Å². The van der Waals surface area contributed by atoms with Crippen LogP contribution in [0.5, 0.6) is 11.5 Å². The van der Waals surface area contributed by atoms with Crippen molar-refractivity contribution in [3.63, 3.8) is 0 Å². The van der Waals surface area contributed by atoms with Gasteiger partial charge in [0.05, 0.1) is 6.61 Å². The summed E-state index contributed by atoms with van der Waals surface area (Å²) >= 11 is 0. The summed E-state index contributed by atoms with van der Waals surface area (Å²) in [7, 11) is 0. The van der Waals surface area contributed by atoms with Crippen molar-refractivity contribution in [2.75, 3.05) is 13.2 Å². The zero-order valence-electron chi connectivity index (χ0n) is 14.2. The average molecular weight is 343 g/mol. The Morgan fingerprint density at radius 3 is 2.56 bits per heavy atom. The number of aliphatic carboxylic acids is 1. The number of aryl methyl sites for hydroxylation is 1. The van der Waals surface area contributed by atoms with Gasteiger partial charge in [-0.1, -0.05) is 29.8 Å². The first-order valence-electron chi connectivity index (χ1n) is 7.94. The van der Waals surface area contributed by atoms with Crippen molar-refractivity contribution < 1.29 is 24.2 Å². The Balaban J connectivity index is 2.08. The summed E-state index contributed by atoms with van der Waals surface area (Å²) in [6.45, 7) is 4.11. The van der Waals surface area contributed by atoms with Crippen LogP contribution in [0.4, 0.5) is 0 Å². The summed E-state index contributed by atoms with van der Waals surface area (Å²) < 4.78 is 10.6. The SMILES string of the molecule is CCOc1cc(C(=O)NCc2cccc(C)c2)ccc1OCC(=O)O. The highest BCUT2D eigenvalue weighted by Crippen LogP contribution is 2.28. The summed E-state index contributed by atoms with van der Waals surface area (Å²) in [6.07, 6.45) is 0. The van der Waals surface area contributed by atoms with Gasteiger partial charge in [0, 0.05) is 12.1 Å². The molecule has 0 fully saturated rings. The molecule has 0 aliphatic rings. The maximum absolute atomic E-state index is 12.3. The van der Waals surface area contributed by atoms with E-state index in [1.165, 1.54) is 6.07 Å². The number of amides is 1. The molecule has 6 nitrogen and oxygen atoms in total.